The van der Waals surface area contributed by atoms with Gasteiger partial charge >= 0.3 is 0 Å². The van der Waals surface area contributed by atoms with E-state index in [0.29, 0.717) is 18.3 Å². The Bertz CT molecular complexity index is 398. The van der Waals surface area contributed by atoms with E-state index >= 15 is 0 Å². The Morgan fingerprint density at radius 3 is 2.72 bits per heavy atom. The number of hydrogen-bond donors (Lipinski definition) is 0. The van der Waals surface area contributed by atoms with E-state index in [2.05, 4.69) is 20.8 Å². The maximum atomic E-state index is 12.2. The Morgan fingerprint density at radius 2 is 2.06 bits per heavy atom. The first-order chi connectivity index (χ1) is 8.56. The maximum absolute atomic E-state index is 12.2. The predicted molar refractivity (Wildman–Crippen MR) is 72.8 cm³/mol. The third-order valence-corrected chi connectivity index (χ3v) is 3.43. The minimum absolute atomic E-state index is 0.249. The van der Waals surface area contributed by atoms with Crippen LogP contribution in [0.25, 0.3) is 0 Å². The van der Waals surface area contributed by atoms with Crippen LogP contribution in [-0.2, 0) is 11.2 Å². The molecule has 0 radical (unpaired) electrons. The Morgan fingerprint density at radius 1 is 1.33 bits per heavy atom. The molecule has 1 aromatic carbocycles. The fourth-order valence-corrected chi connectivity index (χ4v) is 2.72. The second-order valence-corrected chi connectivity index (χ2v) is 5.82. The summed E-state index contributed by atoms with van der Waals surface area (Å²) in [6, 6.07) is 7.93. The van der Waals surface area contributed by atoms with Crippen molar-refractivity contribution >= 4 is 5.78 Å². The summed E-state index contributed by atoms with van der Waals surface area (Å²) in [6.45, 7) is 6.55. The maximum Gasteiger partial charge on any atom is 0.173 e. The molecule has 0 saturated carbocycles. The third-order valence-electron chi connectivity index (χ3n) is 3.43. The number of ether oxygens (including phenoxy) is 1. The smallest absolute Gasteiger partial charge is 0.173 e. The summed E-state index contributed by atoms with van der Waals surface area (Å²) in [7, 11) is 0. The van der Waals surface area contributed by atoms with Crippen LogP contribution in [-0.4, -0.2) is 11.9 Å². The van der Waals surface area contributed by atoms with E-state index in [1.165, 1.54) is 0 Å². The molecule has 0 N–H and O–H groups in total. The van der Waals surface area contributed by atoms with Gasteiger partial charge in [-0.1, -0.05) is 39.0 Å². The number of hydrogen-bond acceptors (Lipinski definition) is 2. The highest BCUT2D eigenvalue weighted by molar-refractivity contribution is 5.84. The van der Waals surface area contributed by atoms with Crippen LogP contribution in [0.5, 0.6) is 5.75 Å². The summed E-state index contributed by atoms with van der Waals surface area (Å²) in [6.07, 6.45) is 2.23. The van der Waals surface area contributed by atoms with E-state index in [1.807, 2.05) is 24.3 Å². The van der Waals surface area contributed by atoms with E-state index in [9.17, 15) is 4.79 Å². The number of carbonyl (C=O) groups is 1. The van der Waals surface area contributed by atoms with Crippen molar-refractivity contribution in [3.8, 4) is 5.75 Å². The van der Waals surface area contributed by atoms with E-state index in [4.69, 9.17) is 4.74 Å². The fraction of sp³-hybridized carbons (Fsp3) is 0.562. The first-order valence-corrected chi connectivity index (χ1v) is 6.83. The van der Waals surface area contributed by atoms with Gasteiger partial charge in [-0.25, -0.2) is 0 Å². The van der Waals surface area contributed by atoms with Crippen LogP contribution in [0.1, 0.15) is 39.2 Å². The molecule has 0 fully saturated rings. The lowest BCUT2D eigenvalue weighted by molar-refractivity contribution is -0.126. The van der Waals surface area contributed by atoms with Crippen molar-refractivity contribution in [2.45, 2.75) is 46.1 Å². The van der Waals surface area contributed by atoms with Gasteiger partial charge < -0.3 is 4.74 Å². The number of ketones is 1. The lowest BCUT2D eigenvalue weighted by Crippen LogP contribution is -2.27. The average molecular weight is 246 g/mol. The van der Waals surface area contributed by atoms with Crippen LogP contribution >= 0.6 is 0 Å². The summed E-state index contributed by atoms with van der Waals surface area (Å²) < 4.78 is 5.73. The molecule has 2 heteroatoms. The van der Waals surface area contributed by atoms with Gasteiger partial charge in [-0.3, -0.25) is 4.79 Å². The van der Waals surface area contributed by atoms with Crippen molar-refractivity contribution in [2.24, 2.45) is 11.8 Å². The van der Waals surface area contributed by atoms with Gasteiger partial charge in [0.1, 0.15) is 5.75 Å². The second-order valence-electron chi connectivity index (χ2n) is 5.82. The first-order valence-electron chi connectivity index (χ1n) is 6.83. The van der Waals surface area contributed by atoms with Gasteiger partial charge in [-0.15, -0.1) is 0 Å². The molecule has 1 aliphatic heterocycles. The Hall–Kier alpha value is -1.31. The van der Waals surface area contributed by atoms with Crippen molar-refractivity contribution < 1.29 is 9.53 Å². The third kappa shape index (κ3) is 3.12. The number of fused-ring (bicyclic) bond motifs is 1. The highest BCUT2D eigenvalue weighted by Crippen LogP contribution is 2.29. The number of rotatable bonds is 5. The molecular formula is C16H22O2. The van der Waals surface area contributed by atoms with Crippen LogP contribution < -0.4 is 4.74 Å². The zero-order valence-corrected chi connectivity index (χ0v) is 11.5. The van der Waals surface area contributed by atoms with Crippen molar-refractivity contribution in [1.29, 1.82) is 0 Å². The SMILES string of the molecule is CC(C)CC(C)CC(=O)C1Cc2ccccc2O1. The minimum atomic E-state index is -0.253. The summed E-state index contributed by atoms with van der Waals surface area (Å²) in [5, 5.41) is 0. The summed E-state index contributed by atoms with van der Waals surface area (Å²) in [5.74, 6) is 2.23. The predicted octanol–water partition coefficient (Wildman–Crippen LogP) is 3.63. The normalized spacial score (nSPS) is 19.4. The molecule has 2 unspecified atom stereocenters. The molecule has 2 atom stereocenters. The van der Waals surface area contributed by atoms with Crippen LogP contribution in [0, 0.1) is 11.8 Å². The van der Waals surface area contributed by atoms with Gasteiger partial charge in [0.15, 0.2) is 11.9 Å². The highest BCUT2D eigenvalue weighted by Gasteiger charge is 2.29. The average Bonchev–Trinajstić information content (AvgIpc) is 2.71. The molecule has 98 valence electrons. The standard InChI is InChI=1S/C16H22O2/c1-11(2)8-12(3)9-14(17)16-10-13-6-4-5-7-15(13)18-16/h4-7,11-12,16H,8-10H2,1-3H3. The van der Waals surface area contributed by atoms with E-state index in [-0.39, 0.29) is 11.9 Å². The quantitative estimate of drug-likeness (QED) is 0.793. The lowest BCUT2D eigenvalue weighted by Gasteiger charge is -2.15. The first kappa shape index (κ1) is 13.1. The van der Waals surface area contributed by atoms with Crippen molar-refractivity contribution in [3.05, 3.63) is 29.8 Å². The molecule has 2 nitrogen and oxygen atoms in total. The van der Waals surface area contributed by atoms with Crippen LogP contribution in [0.3, 0.4) is 0 Å². The molecule has 0 bridgehead atoms. The highest BCUT2D eigenvalue weighted by atomic mass is 16.5. The van der Waals surface area contributed by atoms with Crippen molar-refractivity contribution in [2.75, 3.05) is 0 Å². The summed E-state index contributed by atoms with van der Waals surface area (Å²) in [4.78, 5) is 12.2. The molecule has 0 aromatic heterocycles. The molecule has 1 heterocycles. The fourth-order valence-electron chi connectivity index (χ4n) is 2.72. The topological polar surface area (TPSA) is 26.3 Å². The molecule has 1 aliphatic rings. The van der Waals surface area contributed by atoms with Crippen LogP contribution in [0.15, 0.2) is 24.3 Å². The zero-order chi connectivity index (χ0) is 13.1. The number of carbonyl (C=O) groups excluding carboxylic acids is 1. The molecule has 0 aliphatic carbocycles. The minimum Gasteiger partial charge on any atom is -0.482 e. The lowest BCUT2D eigenvalue weighted by atomic mass is 9.92. The van der Waals surface area contributed by atoms with Gasteiger partial charge in [0.05, 0.1) is 0 Å². The van der Waals surface area contributed by atoms with Gasteiger partial charge in [0.2, 0.25) is 0 Å². The Labute approximate surface area is 109 Å². The van der Waals surface area contributed by atoms with Gasteiger partial charge in [-0.05, 0) is 29.9 Å². The molecule has 2 rings (SSSR count). The van der Waals surface area contributed by atoms with Gasteiger partial charge in [0.25, 0.3) is 0 Å². The van der Waals surface area contributed by atoms with E-state index < -0.39 is 0 Å². The monoisotopic (exact) mass is 246 g/mol. The molecule has 18 heavy (non-hydrogen) atoms. The van der Waals surface area contributed by atoms with Gasteiger partial charge in [0, 0.05) is 12.8 Å². The van der Waals surface area contributed by atoms with Crippen LogP contribution in [0.2, 0.25) is 0 Å². The van der Waals surface area contributed by atoms with Gasteiger partial charge in [-0.2, -0.15) is 0 Å². The number of Topliss-reactive ketones (excluding diaryl/α,β-unsaturated/α-hetero) is 1. The Balaban J connectivity index is 1.89. The molecule has 1 aromatic rings. The zero-order valence-electron chi connectivity index (χ0n) is 11.5. The van der Waals surface area contributed by atoms with E-state index in [1.54, 1.807) is 0 Å². The summed E-state index contributed by atoms with van der Waals surface area (Å²) >= 11 is 0. The molecule has 0 saturated heterocycles. The van der Waals surface area contributed by atoms with Crippen molar-refractivity contribution in [1.82, 2.24) is 0 Å². The van der Waals surface area contributed by atoms with Crippen molar-refractivity contribution in [3.63, 3.8) is 0 Å². The second kappa shape index (κ2) is 5.55. The molecule has 0 spiro atoms. The number of benzene rings is 1. The van der Waals surface area contributed by atoms with E-state index in [0.717, 1.165) is 24.2 Å². The summed E-state index contributed by atoms with van der Waals surface area (Å²) in [5.41, 5.74) is 1.16. The Kier molecular flexibility index (Phi) is 4.05. The molecular weight excluding hydrogens is 224 g/mol. The molecule has 0 amide bonds. The number of para-hydroxylation sites is 1. The largest absolute Gasteiger partial charge is 0.482 e. The van der Waals surface area contributed by atoms with Crippen LogP contribution in [0.4, 0.5) is 0 Å².